The van der Waals surface area contributed by atoms with E-state index >= 15 is 0 Å². The summed E-state index contributed by atoms with van der Waals surface area (Å²) < 4.78 is 13.2. The molecule has 0 unspecified atom stereocenters. The number of aromatic nitrogens is 3. The van der Waals surface area contributed by atoms with Crippen molar-refractivity contribution in [1.29, 1.82) is 0 Å². The Balaban J connectivity index is 1.61. The van der Waals surface area contributed by atoms with Gasteiger partial charge in [0.1, 0.15) is 17.3 Å². The van der Waals surface area contributed by atoms with Gasteiger partial charge in [0.05, 0.1) is 25.4 Å². The molecule has 0 atom stereocenters. The van der Waals surface area contributed by atoms with Gasteiger partial charge in [0.25, 0.3) is 0 Å². The number of methoxy groups -OCH3 is 2. The number of nitrogens with one attached hydrogen (secondary N) is 2. The number of fused-ring (bicyclic) bond motifs is 1. The molecule has 2 amide bonds. The van der Waals surface area contributed by atoms with Crippen molar-refractivity contribution in [1.82, 2.24) is 14.1 Å². The molecular weight excluding hydrogens is 390 g/mol. The van der Waals surface area contributed by atoms with Crippen LogP contribution in [0.1, 0.15) is 12.8 Å². The lowest BCUT2D eigenvalue weighted by molar-refractivity contribution is -0.121. The van der Waals surface area contributed by atoms with Crippen molar-refractivity contribution in [3.63, 3.8) is 0 Å². The first-order chi connectivity index (χ1) is 14.3. The van der Waals surface area contributed by atoms with Gasteiger partial charge in [0, 0.05) is 33.0 Å². The number of carbonyl (C=O) groups excluding carboxylic acids is 2. The van der Waals surface area contributed by atoms with Gasteiger partial charge in [-0.15, -0.1) is 0 Å². The molecule has 10 nitrogen and oxygen atoms in total. The summed E-state index contributed by atoms with van der Waals surface area (Å²) in [5.74, 6) is 0.657. The van der Waals surface area contributed by atoms with Gasteiger partial charge in [-0.3, -0.25) is 18.7 Å². The van der Waals surface area contributed by atoms with Gasteiger partial charge in [0.2, 0.25) is 11.8 Å². The summed E-state index contributed by atoms with van der Waals surface area (Å²) in [5, 5.41) is 5.37. The van der Waals surface area contributed by atoms with Crippen LogP contribution in [0.3, 0.4) is 0 Å². The number of anilines is 2. The minimum Gasteiger partial charge on any atom is -0.497 e. The van der Waals surface area contributed by atoms with E-state index < -0.39 is 0 Å². The Hall–Kier alpha value is -3.82. The second-order valence-electron chi connectivity index (χ2n) is 6.60. The maximum absolute atomic E-state index is 12.3. The van der Waals surface area contributed by atoms with E-state index in [1.807, 2.05) is 0 Å². The highest BCUT2D eigenvalue weighted by molar-refractivity contribution is 5.97. The van der Waals surface area contributed by atoms with Crippen LogP contribution in [-0.4, -0.2) is 40.2 Å². The SMILES string of the molecule is COc1ccc(OC)c(NC(=O)CCC(=O)Nc2ccc3c(n2)n(C)c(=O)n3C)c1. The first kappa shape index (κ1) is 20.9. The van der Waals surface area contributed by atoms with Gasteiger partial charge in [0.15, 0.2) is 5.65 Å². The summed E-state index contributed by atoms with van der Waals surface area (Å²) in [6.45, 7) is 0. The van der Waals surface area contributed by atoms with E-state index in [9.17, 15) is 14.4 Å². The molecule has 0 spiro atoms. The third-order valence-electron chi connectivity index (χ3n) is 4.63. The molecule has 0 saturated carbocycles. The van der Waals surface area contributed by atoms with E-state index in [1.54, 1.807) is 44.4 Å². The molecule has 2 N–H and O–H groups in total. The maximum Gasteiger partial charge on any atom is 0.329 e. The van der Waals surface area contributed by atoms with Crippen LogP contribution in [0.4, 0.5) is 11.5 Å². The summed E-state index contributed by atoms with van der Waals surface area (Å²) in [5.41, 5.74) is 1.38. The van der Waals surface area contributed by atoms with E-state index in [0.717, 1.165) is 0 Å². The number of rotatable bonds is 7. The van der Waals surface area contributed by atoms with Crippen LogP contribution in [0.15, 0.2) is 35.1 Å². The van der Waals surface area contributed by atoms with Crippen LogP contribution < -0.4 is 25.8 Å². The lowest BCUT2D eigenvalue weighted by atomic mass is 10.2. The van der Waals surface area contributed by atoms with E-state index in [-0.39, 0.29) is 30.3 Å². The molecule has 0 aliphatic heterocycles. The van der Waals surface area contributed by atoms with Crippen LogP contribution in [0.25, 0.3) is 11.2 Å². The zero-order valence-electron chi connectivity index (χ0n) is 17.2. The lowest BCUT2D eigenvalue weighted by Crippen LogP contribution is -2.19. The van der Waals surface area contributed by atoms with Crippen LogP contribution in [0, 0.1) is 0 Å². The smallest absolute Gasteiger partial charge is 0.329 e. The number of nitrogens with zero attached hydrogens (tertiary/aromatic N) is 3. The zero-order chi connectivity index (χ0) is 21.8. The second-order valence-corrected chi connectivity index (χ2v) is 6.60. The Labute approximate surface area is 172 Å². The summed E-state index contributed by atoms with van der Waals surface area (Å²) in [4.78, 5) is 40.8. The number of pyridine rings is 1. The molecule has 3 rings (SSSR count). The maximum atomic E-state index is 12.3. The molecule has 0 bridgehead atoms. The average molecular weight is 413 g/mol. The van der Waals surface area contributed by atoms with Crippen LogP contribution >= 0.6 is 0 Å². The predicted octanol–water partition coefficient (Wildman–Crippen LogP) is 1.65. The number of amides is 2. The van der Waals surface area contributed by atoms with Gasteiger partial charge in [-0.1, -0.05) is 0 Å². The Morgan fingerprint density at radius 3 is 2.33 bits per heavy atom. The highest BCUT2D eigenvalue weighted by Crippen LogP contribution is 2.29. The third-order valence-corrected chi connectivity index (χ3v) is 4.63. The standard InChI is InChI=1S/C20H23N5O5/c1-24-14-6-8-16(23-19(14)25(2)20(24)28)22-18(27)10-9-17(26)21-13-11-12(29-3)5-7-15(13)30-4/h5-8,11H,9-10H2,1-4H3,(H,21,26)(H,22,23,27). The fraction of sp³-hybridized carbons (Fsp3) is 0.300. The fourth-order valence-corrected chi connectivity index (χ4v) is 2.99. The third kappa shape index (κ3) is 4.27. The minimum atomic E-state index is -0.365. The second kappa shape index (κ2) is 8.68. The van der Waals surface area contributed by atoms with Gasteiger partial charge in [-0.25, -0.2) is 9.78 Å². The molecular formula is C20H23N5O5. The summed E-state index contributed by atoms with van der Waals surface area (Å²) in [6.07, 6.45) is -0.0657. The fourth-order valence-electron chi connectivity index (χ4n) is 2.99. The predicted molar refractivity (Wildman–Crippen MR) is 112 cm³/mol. The molecule has 0 aliphatic carbocycles. The molecule has 30 heavy (non-hydrogen) atoms. The monoisotopic (exact) mass is 413 g/mol. The first-order valence-electron chi connectivity index (χ1n) is 9.18. The Morgan fingerprint density at radius 2 is 1.67 bits per heavy atom. The van der Waals surface area contributed by atoms with Crippen LogP contribution in [0.2, 0.25) is 0 Å². The number of carbonyl (C=O) groups is 2. The molecule has 158 valence electrons. The quantitative estimate of drug-likeness (QED) is 0.608. The van der Waals surface area contributed by atoms with Crippen molar-refractivity contribution in [2.75, 3.05) is 24.9 Å². The highest BCUT2D eigenvalue weighted by atomic mass is 16.5. The first-order valence-corrected chi connectivity index (χ1v) is 9.18. The summed E-state index contributed by atoms with van der Waals surface area (Å²) >= 11 is 0. The summed E-state index contributed by atoms with van der Waals surface area (Å²) in [6, 6.07) is 8.36. The minimum absolute atomic E-state index is 0.0295. The van der Waals surface area contributed by atoms with Crippen molar-refractivity contribution >= 4 is 34.5 Å². The lowest BCUT2D eigenvalue weighted by Gasteiger charge is -2.11. The van der Waals surface area contributed by atoms with Gasteiger partial charge < -0.3 is 20.1 Å². The van der Waals surface area contributed by atoms with Gasteiger partial charge in [-0.05, 0) is 24.3 Å². The molecule has 2 aromatic heterocycles. The van der Waals surface area contributed by atoms with E-state index in [2.05, 4.69) is 15.6 Å². The van der Waals surface area contributed by atoms with Crippen molar-refractivity contribution < 1.29 is 19.1 Å². The molecule has 1 aromatic carbocycles. The van der Waals surface area contributed by atoms with Gasteiger partial charge >= 0.3 is 5.69 Å². The molecule has 10 heteroatoms. The average Bonchev–Trinajstić information content (AvgIpc) is 2.96. The number of benzene rings is 1. The number of hydrogen-bond donors (Lipinski definition) is 2. The van der Waals surface area contributed by atoms with Crippen LogP contribution in [0.5, 0.6) is 11.5 Å². The number of imidazole rings is 1. The molecule has 0 fully saturated rings. The highest BCUT2D eigenvalue weighted by Gasteiger charge is 2.13. The topological polar surface area (TPSA) is 116 Å². The van der Waals surface area contributed by atoms with Crippen LogP contribution in [-0.2, 0) is 23.7 Å². The van der Waals surface area contributed by atoms with Crippen molar-refractivity contribution in [3.8, 4) is 11.5 Å². The van der Waals surface area contributed by atoms with Crippen molar-refractivity contribution in [2.24, 2.45) is 14.1 Å². The van der Waals surface area contributed by atoms with Crippen molar-refractivity contribution in [2.45, 2.75) is 12.8 Å². The Morgan fingerprint density at radius 1 is 0.967 bits per heavy atom. The summed E-state index contributed by atoms with van der Waals surface area (Å²) in [7, 11) is 6.29. The van der Waals surface area contributed by atoms with Crippen molar-refractivity contribution in [3.05, 3.63) is 40.8 Å². The Kier molecular flexibility index (Phi) is 6.05. The molecule has 0 aliphatic rings. The number of aryl methyl sites for hydroxylation is 2. The largest absolute Gasteiger partial charge is 0.497 e. The molecule has 3 aromatic rings. The Bertz CT molecular complexity index is 1160. The van der Waals surface area contributed by atoms with E-state index in [0.29, 0.717) is 34.2 Å². The molecule has 2 heterocycles. The zero-order valence-corrected chi connectivity index (χ0v) is 17.2. The number of hydrogen-bond acceptors (Lipinski definition) is 6. The van der Waals surface area contributed by atoms with Gasteiger partial charge in [-0.2, -0.15) is 0 Å². The number of ether oxygens (including phenoxy) is 2. The van der Waals surface area contributed by atoms with E-state index in [4.69, 9.17) is 9.47 Å². The van der Waals surface area contributed by atoms with E-state index in [1.165, 1.54) is 23.4 Å². The molecule has 0 radical (unpaired) electrons. The normalized spacial score (nSPS) is 10.7. The molecule has 0 saturated heterocycles.